The molecule has 0 aliphatic carbocycles. The maximum Gasteiger partial charge on any atom is 0.260 e. The molecule has 1 heterocycles. The fourth-order valence-electron chi connectivity index (χ4n) is 1.21. The van der Waals surface area contributed by atoms with E-state index in [-0.39, 0.29) is 5.91 Å². The molecule has 1 unspecified atom stereocenters. The van der Waals surface area contributed by atoms with Crippen LogP contribution in [0.3, 0.4) is 0 Å². The van der Waals surface area contributed by atoms with Gasteiger partial charge >= 0.3 is 0 Å². The van der Waals surface area contributed by atoms with Gasteiger partial charge in [-0.2, -0.15) is 0 Å². The molecule has 0 aliphatic rings. The highest BCUT2D eigenvalue weighted by atomic mass is 16.5. The molecule has 98 valence electrons. The van der Waals surface area contributed by atoms with Crippen LogP contribution in [-0.2, 0) is 9.53 Å². The van der Waals surface area contributed by atoms with Gasteiger partial charge in [0.15, 0.2) is 12.4 Å². The standard InChI is InChI=1S/C12H16N2O4/c1-9(12(16)13-5-6-17-2)18-11-4-3-10(8-15)14-7-11/h3-4,7-9H,5-6H2,1-2H3,(H,13,16). The molecule has 1 rings (SSSR count). The molecule has 1 atom stereocenters. The highest BCUT2D eigenvalue weighted by molar-refractivity contribution is 5.80. The first-order chi connectivity index (χ1) is 8.67. The Morgan fingerprint density at radius 1 is 1.56 bits per heavy atom. The third kappa shape index (κ3) is 4.50. The molecular formula is C12H16N2O4. The first kappa shape index (κ1) is 14.1. The van der Waals surface area contributed by atoms with E-state index < -0.39 is 6.10 Å². The molecule has 1 aromatic rings. The van der Waals surface area contributed by atoms with Crippen molar-refractivity contribution in [3.8, 4) is 5.75 Å². The Balaban J connectivity index is 2.44. The third-order valence-corrected chi connectivity index (χ3v) is 2.17. The average molecular weight is 252 g/mol. The van der Waals surface area contributed by atoms with Gasteiger partial charge < -0.3 is 14.8 Å². The van der Waals surface area contributed by atoms with Gasteiger partial charge in [-0.25, -0.2) is 4.98 Å². The molecule has 0 bridgehead atoms. The number of carbonyl (C=O) groups excluding carboxylic acids is 2. The molecule has 1 amide bonds. The number of nitrogens with one attached hydrogen (secondary N) is 1. The number of pyridine rings is 1. The zero-order chi connectivity index (χ0) is 13.4. The molecule has 0 saturated carbocycles. The minimum Gasteiger partial charge on any atom is -0.479 e. The van der Waals surface area contributed by atoms with Crippen LogP contribution in [-0.4, -0.2) is 43.5 Å². The highest BCUT2D eigenvalue weighted by Gasteiger charge is 2.13. The lowest BCUT2D eigenvalue weighted by atomic mass is 10.3. The van der Waals surface area contributed by atoms with Crippen molar-refractivity contribution in [3.63, 3.8) is 0 Å². The van der Waals surface area contributed by atoms with Crippen LogP contribution in [0.5, 0.6) is 5.75 Å². The minimum absolute atomic E-state index is 0.230. The Morgan fingerprint density at radius 3 is 2.89 bits per heavy atom. The normalized spacial score (nSPS) is 11.7. The van der Waals surface area contributed by atoms with Gasteiger partial charge in [0.25, 0.3) is 5.91 Å². The van der Waals surface area contributed by atoms with Crippen molar-refractivity contribution in [1.29, 1.82) is 0 Å². The lowest BCUT2D eigenvalue weighted by molar-refractivity contribution is -0.127. The smallest absolute Gasteiger partial charge is 0.260 e. The lowest BCUT2D eigenvalue weighted by Crippen LogP contribution is -2.37. The predicted molar refractivity (Wildman–Crippen MR) is 64.6 cm³/mol. The first-order valence-corrected chi connectivity index (χ1v) is 5.52. The molecular weight excluding hydrogens is 236 g/mol. The number of nitrogens with zero attached hydrogens (tertiary/aromatic N) is 1. The molecule has 6 nitrogen and oxygen atoms in total. The zero-order valence-corrected chi connectivity index (χ0v) is 10.4. The number of rotatable bonds is 7. The summed E-state index contributed by atoms with van der Waals surface area (Å²) in [5, 5.41) is 2.66. The van der Waals surface area contributed by atoms with Crippen LogP contribution in [0.4, 0.5) is 0 Å². The molecule has 0 saturated heterocycles. The van der Waals surface area contributed by atoms with Crippen molar-refractivity contribution in [2.24, 2.45) is 0 Å². The number of aromatic nitrogens is 1. The van der Waals surface area contributed by atoms with Crippen molar-refractivity contribution >= 4 is 12.2 Å². The van der Waals surface area contributed by atoms with Crippen LogP contribution in [0.2, 0.25) is 0 Å². The van der Waals surface area contributed by atoms with E-state index >= 15 is 0 Å². The average Bonchev–Trinajstić information content (AvgIpc) is 2.39. The summed E-state index contributed by atoms with van der Waals surface area (Å²) in [6, 6.07) is 3.12. The number of ether oxygens (including phenoxy) is 2. The number of hydrogen-bond acceptors (Lipinski definition) is 5. The van der Waals surface area contributed by atoms with E-state index in [1.54, 1.807) is 20.1 Å². The van der Waals surface area contributed by atoms with E-state index in [4.69, 9.17) is 9.47 Å². The summed E-state index contributed by atoms with van der Waals surface area (Å²) in [6.07, 6.45) is 1.42. The maximum atomic E-state index is 11.6. The van der Waals surface area contributed by atoms with Gasteiger partial charge in [0.1, 0.15) is 11.4 Å². The van der Waals surface area contributed by atoms with E-state index in [1.807, 2.05) is 0 Å². The van der Waals surface area contributed by atoms with E-state index in [0.29, 0.717) is 30.9 Å². The number of amides is 1. The summed E-state index contributed by atoms with van der Waals surface area (Å²) in [5.74, 6) is 0.210. The van der Waals surface area contributed by atoms with Crippen LogP contribution in [0.15, 0.2) is 18.3 Å². The van der Waals surface area contributed by atoms with Gasteiger partial charge in [-0.1, -0.05) is 0 Å². The monoisotopic (exact) mass is 252 g/mol. The van der Waals surface area contributed by atoms with Gasteiger partial charge in [0, 0.05) is 13.7 Å². The third-order valence-electron chi connectivity index (χ3n) is 2.17. The maximum absolute atomic E-state index is 11.6. The topological polar surface area (TPSA) is 77.5 Å². The molecule has 0 fully saturated rings. The van der Waals surface area contributed by atoms with E-state index in [0.717, 1.165) is 0 Å². The summed E-state index contributed by atoms with van der Waals surface area (Å²) < 4.78 is 10.2. The van der Waals surface area contributed by atoms with E-state index in [9.17, 15) is 9.59 Å². The zero-order valence-electron chi connectivity index (χ0n) is 10.4. The molecule has 6 heteroatoms. The number of methoxy groups -OCH3 is 1. The Kier molecular flexibility index (Phi) is 5.79. The van der Waals surface area contributed by atoms with Crippen LogP contribution >= 0.6 is 0 Å². The SMILES string of the molecule is COCCNC(=O)C(C)Oc1ccc(C=O)nc1. The van der Waals surface area contributed by atoms with Gasteiger partial charge in [0.2, 0.25) is 0 Å². The predicted octanol–water partition coefficient (Wildman–Crippen LogP) is 0.424. The van der Waals surface area contributed by atoms with Gasteiger partial charge in [-0.05, 0) is 19.1 Å². The molecule has 0 aromatic carbocycles. The highest BCUT2D eigenvalue weighted by Crippen LogP contribution is 2.10. The molecule has 1 aromatic heterocycles. The number of aldehydes is 1. The summed E-state index contributed by atoms with van der Waals surface area (Å²) in [4.78, 5) is 25.8. The Labute approximate surface area is 105 Å². The van der Waals surface area contributed by atoms with Gasteiger partial charge in [-0.15, -0.1) is 0 Å². The van der Waals surface area contributed by atoms with Crippen molar-refractivity contribution in [2.45, 2.75) is 13.0 Å². The largest absolute Gasteiger partial charge is 0.479 e. The molecule has 0 radical (unpaired) electrons. The summed E-state index contributed by atoms with van der Waals surface area (Å²) in [6.45, 7) is 2.52. The van der Waals surface area contributed by atoms with E-state index in [1.165, 1.54) is 12.3 Å². The molecule has 0 aliphatic heterocycles. The van der Waals surface area contributed by atoms with Gasteiger partial charge in [0.05, 0.1) is 12.8 Å². The number of carbonyl (C=O) groups is 2. The second kappa shape index (κ2) is 7.39. The molecule has 18 heavy (non-hydrogen) atoms. The van der Waals surface area contributed by atoms with Crippen molar-refractivity contribution in [3.05, 3.63) is 24.0 Å². The van der Waals surface area contributed by atoms with Crippen LogP contribution < -0.4 is 10.1 Å². The van der Waals surface area contributed by atoms with Crippen molar-refractivity contribution in [2.75, 3.05) is 20.3 Å². The van der Waals surface area contributed by atoms with Crippen LogP contribution in [0.25, 0.3) is 0 Å². The quantitative estimate of drug-likeness (QED) is 0.562. The fraction of sp³-hybridized carbons (Fsp3) is 0.417. The van der Waals surface area contributed by atoms with Crippen molar-refractivity contribution in [1.82, 2.24) is 10.3 Å². The summed E-state index contributed by atoms with van der Waals surface area (Å²) in [7, 11) is 1.56. The Hall–Kier alpha value is -1.95. The number of hydrogen-bond donors (Lipinski definition) is 1. The van der Waals surface area contributed by atoms with Gasteiger partial charge in [-0.3, -0.25) is 9.59 Å². The molecule has 0 spiro atoms. The summed E-state index contributed by atoms with van der Waals surface area (Å²) in [5.41, 5.74) is 0.319. The Morgan fingerprint density at radius 2 is 2.33 bits per heavy atom. The Bertz CT molecular complexity index is 392. The second-order valence-electron chi connectivity index (χ2n) is 3.58. The molecule has 1 N–H and O–H groups in total. The van der Waals surface area contributed by atoms with E-state index in [2.05, 4.69) is 10.3 Å². The summed E-state index contributed by atoms with van der Waals surface area (Å²) >= 11 is 0. The van der Waals surface area contributed by atoms with Crippen LogP contribution in [0, 0.1) is 0 Å². The first-order valence-electron chi connectivity index (χ1n) is 5.52. The van der Waals surface area contributed by atoms with Crippen LogP contribution in [0.1, 0.15) is 17.4 Å². The minimum atomic E-state index is -0.634. The fourth-order valence-corrected chi connectivity index (χ4v) is 1.21. The van der Waals surface area contributed by atoms with Crippen molar-refractivity contribution < 1.29 is 19.1 Å². The second-order valence-corrected chi connectivity index (χ2v) is 3.58. The lowest BCUT2D eigenvalue weighted by Gasteiger charge is -2.14.